The minimum atomic E-state index is -1.01. The Balaban J connectivity index is 1.52. The van der Waals surface area contributed by atoms with E-state index in [1.54, 1.807) is 6.07 Å². The van der Waals surface area contributed by atoms with Crippen molar-refractivity contribution in [3.8, 4) is 5.75 Å². The van der Waals surface area contributed by atoms with Gasteiger partial charge in [-0.3, -0.25) is 4.79 Å². The molecule has 1 amide bonds. The maximum absolute atomic E-state index is 13.3. The fraction of sp³-hybridized carbons (Fsp3) is 0.259. The maximum Gasteiger partial charge on any atom is 0.341 e. The van der Waals surface area contributed by atoms with E-state index in [-0.39, 0.29) is 24.3 Å². The number of hydrogen-bond donors (Lipinski definition) is 2. The molecule has 0 saturated heterocycles. The summed E-state index contributed by atoms with van der Waals surface area (Å²) in [5.41, 5.74) is 4.20. The summed E-state index contributed by atoms with van der Waals surface area (Å²) in [7, 11) is 0. The summed E-state index contributed by atoms with van der Waals surface area (Å²) in [5.74, 6) is -0.651. The molecule has 1 atom stereocenters. The van der Waals surface area contributed by atoms with E-state index >= 15 is 0 Å². The quantitative estimate of drug-likeness (QED) is 0.552. The molecule has 2 N–H and O–H groups in total. The number of amides is 1. The number of hydrogen-bond acceptors (Lipinski definition) is 3. The molecule has 0 bridgehead atoms. The maximum atomic E-state index is 13.3. The van der Waals surface area contributed by atoms with Crippen molar-refractivity contribution in [3.05, 3.63) is 101 Å². The number of carboxylic acid groups (broad SMARTS) is 1. The normalized spacial score (nSPS) is 15.1. The summed E-state index contributed by atoms with van der Waals surface area (Å²) in [5, 5.41) is 12.1. The van der Waals surface area contributed by atoms with Crippen LogP contribution in [0.3, 0.4) is 0 Å². The van der Waals surface area contributed by atoms with Gasteiger partial charge in [0.2, 0.25) is 5.91 Å². The molecule has 0 spiro atoms. The molecule has 0 heterocycles. The Morgan fingerprint density at radius 3 is 2.22 bits per heavy atom. The number of rotatable bonds is 8. The van der Waals surface area contributed by atoms with Crippen molar-refractivity contribution in [2.45, 2.75) is 31.1 Å². The van der Waals surface area contributed by atoms with Gasteiger partial charge in [0, 0.05) is 12.5 Å². The van der Waals surface area contributed by atoms with E-state index in [1.165, 1.54) is 0 Å². The predicted molar refractivity (Wildman–Crippen MR) is 123 cm³/mol. The number of carboxylic acids is 1. The van der Waals surface area contributed by atoms with Crippen molar-refractivity contribution in [3.63, 3.8) is 0 Å². The minimum Gasteiger partial charge on any atom is -0.482 e. The summed E-state index contributed by atoms with van der Waals surface area (Å²) < 4.78 is 5.48. The largest absolute Gasteiger partial charge is 0.482 e. The van der Waals surface area contributed by atoms with Gasteiger partial charge in [-0.1, -0.05) is 72.8 Å². The first-order valence-electron chi connectivity index (χ1n) is 11.0. The SMILES string of the molecule is O=C(O)COc1cccc2c1CCCC2C(=O)NCC(c1ccccc1)c1ccccc1. The second-order valence-electron chi connectivity index (χ2n) is 8.07. The zero-order valence-electron chi connectivity index (χ0n) is 17.9. The highest BCUT2D eigenvalue weighted by atomic mass is 16.5. The monoisotopic (exact) mass is 429 g/mol. The Hall–Kier alpha value is -3.60. The third-order valence-corrected chi connectivity index (χ3v) is 6.02. The van der Waals surface area contributed by atoms with Gasteiger partial charge in [-0.15, -0.1) is 0 Å². The second kappa shape index (κ2) is 10.1. The third-order valence-electron chi connectivity index (χ3n) is 6.02. The van der Waals surface area contributed by atoms with Gasteiger partial charge in [0.15, 0.2) is 6.61 Å². The van der Waals surface area contributed by atoms with Gasteiger partial charge in [-0.05, 0) is 47.6 Å². The van der Waals surface area contributed by atoms with E-state index < -0.39 is 5.97 Å². The summed E-state index contributed by atoms with van der Waals surface area (Å²) >= 11 is 0. The second-order valence-corrected chi connectivity index (χ2v) is 8.07. The Morgan fingerprint density at radius 2 is 1.59 bits per heavy atom. The molecule has 1 unspecified atom stereocenters. The van der Waals surface area contributed by atoms with Crippen LogP contribution in [0.25, 0.3) is 0 Å². The van der Waals surface area contributed by atoms with Gasteiger partial charge >= 0.3 is 5.97 Å². The molecular formula is C27H27NO4. The smallest absolute Gasteiger partial charge is 0.341 e. The van der Waals surface area contributed by atoms with Crippen LogP contribution < -0.4 is 10.1 Å². The molecule has 4 rings (SSSR count). The number of aliphatic carboxylic acids is 1. The lowest BCUT2D eigenvalue weighted by Crippen LogP contribution is -2.34. The van der Waals surface area contributed by atoms with E-state index in [4.69, 9.17) is 9.84 Å². The highest BCUT2D eigenvalue weighted by molar-refractivity contribution is 5.84. The summed E-state index contributed by atoms with van der Waals surface area (Å²) in [4.78, 5) is 24.2. The van der Waals surface area contributed by atoms with Crippen molar-refractivity contribution in [1.82, 2.24) is 5.32 Å². The lowest BCUT2D eigenvalue weighted by atomic mass is 9.81. The van der Waals surface area contributed by atoms with Gasteiger partial charge in [0.25, 0.3) is 0 Å². The predicted octanol–water partition coefficient (Wildman–Crippen LogP) is 4.52. The highest BCUT2D eigenvalue weighted by Gasteiger charge is 2.29. The molecule has 1 aliphatic carbocycles. The highest BCUT2D eigenvalue weighted by Crippen LogP contribution is 2.37. The summed E-state index contributed by atoms with van der Waals surface area (Å²) in [6.07, 6.45) is 2.41. The number of nitrogens with one attached hydrogen (secondary N) is 1. The number of ether oxygens (including phenoxy) is 1. The number of carbonyl (C=O) groups excluding carboxylic acids is 1. The average Bonchev–Trinajstić information content (AvgIpc) is 2.83. The van der Waals surface area contributed by atoms with E-state index in [0.29, 0.717) is 12.3 Å². The van der Waals surface area contributed by atoms with Crippen LogP contribution in [0.2, 0.25) is 0 Å². The molecule has 0 fully saturated rings. The summed E-state index contributed by atoms with van der Waals surface area (Å²) in [6, 6.07) is 26.0. The number of fused-ring (bicyclic) bond motifs is 1. The fourth-order valence-corrected chi connectivity index (χ4v) is 4.49. The van der Waals surface area contributed by atoms with E-state index in [9.17, 15) is 9.59 Å². The van der Waals surface area contributed by atoms with Gasteiger partial charge in [-0.2, -0.15) is 0 Å². The topological polar surface area (TPSA) is 75.6 Å². The van der Waals surface area contributed by atoms with Crippen molar-refractivity contribution in [2.24, 2.45) is 0 Å². The van der Waals surface area contributed by atoms with Gasteiger partial charge in [0.1, 0.15) is 5.75 Å². The molecule has 164 valence electrons. The minimum absolute atomic E-state index is 0.00167. The lowest BCUT2D eigenvalue weighted by molar-refractivity contribution is -0.139. The first-order valence-corrected chi connectivity index (χ1v) is 11.0. The molecule has 0 aliphatic heterocycles. The van der Waals surface area contributed by atoms with Crippen LogP contribution in [0.5, 0.6) is 5.75 Å². The zero-order valence-corrected chi connectivity index (χ0v) is 17.9. The van der Waals surface area contributed by atoms with Gasteiger partial charge in [0.05, 0.1) is 5.92 Å². The van der Waals surface area contributed by atoms with E-state index in [2.05, 4.69) is 29.6 Å². The van der Waals surface area contributed by atoms with Gasteiger partial charge < -0.3 is 15.2 Å². The van der Waals surface area contributed by atoms with Crippen molar-refractivity contribution in [2.75, 3.05) is 13.2 Å². The summed E-state index contributed by atoms with van der Waals surface area (Å²) in [6.45, 7) is 0.122. The molecule has 5 nitrogen and oxygen atoms in total. The molecule has 0 radical (unpaired) electrons. The van der Waals surface area contributed by atoms with Crippen molar-refractivity contribution < 1.29 is 19.4 Å². The van der Waals surface area contributed by atoms with Crippen LogP contribution in [0, 0.1) is 0 Å². The van der Waals surface area contributed by atoms with Crippen LogP contribution in [-0.4, -0.2) is 30.1 Å². The Labute approximate surface area is 188 Å². The van der Waals surface area contributed by atoms with Gasteiger partial charge in [-0.25, -0.2) is 4.79 Å². The molecule has 5 heteroatoms. The average molecular weight is 430 g/mol. The van der Waals surface area contributed by atoms with Crippen molar-refractivity contribution in [1.29, 1.82) is 0 Å². The Bertz CT molecular complexity index is 1030. The number of benzene rings is 3. The molecule has 3 aromatic rings. The molecule has 0 aromatic heterocycles. The molecular weight excluding hydrogens is 402 g/mol. The van der Waals surface area contributed by atoms with E-state index in [1.807, 2.05) is 48.5 Å². The Morgan fingerprint density at radius 1 is 0.938 bits per heavy atom. The van der Waals surface area contributed by atoms with Crippen LogP contribution >= 0.6 is 0 Å². The van der Waals surface area contributed by atoms with Crippen LogP contribution in [0.1, 0.15) is 46.9 Å². The van der Waals surface area contributed by atoms with E-state index in [0.717, 1.165) is 41.5 Å². The molecule has 32 heavy (non-hydrogen) atoms. The zero-order chi connectivity index (χ0) is 22.3. The molecule has 3 aromatic carbocycles. The fourth-order valence-electron chi connectivity index (χ4n) is 4.49. The lowest BCUT2D eigenvalue weighted by Gasteiger charge is -2.27. The molecule has 1 aliphatic rings. The third kappa shape index (κ3) is 4.99. The van der Waals surface area contributed by atoms with Crippen LogP contribution in [-0.2, 0) is 16.0 Å². The van der Waals surface area contributed by atoms with Crippen molar-refractivity contribution >= 4 is 11.9 Å². The van der Waals surface area contributed by atoms with Crippen LogP contribution in [0.4, 0.5) is 0 Å². The standard InChI is InChI=1S/C27H27NO4/c29-26(30)18-32-25-16-8-13-21-22(25)14-7-15-23(21)27(31)28-17-24(19-9-3-1-4-10-19)20-11-5-2-6-12-20/h1-6,8-13,16,23-24H,7,14-15,17-18H2,(H,28,31)(H,29,30). The first kappa shape index (κ1) is 21.6. The molecule has 0 saturated carbocycles. The number of carbonyl (C=O) groups is 2. The van der Waals surface area contributed by atoms with Crippen LogP contribution in [0.15, 0.2) is 78.9 Å². The first-order chi connectivity index (χ1) is 15.6. The Kier molecular flexibility index (Phi) is 6.85.